The Morgan fingerprint density at radius 1 is 1.33 bits per heavy atom. The van der Waals surface area contributed by atoms with Crippen molar-refractivity contribution in [3.8, 4) is 0 Å². The zero-order chi connectivity index (χ0) is 14.0. The quantitative estimate of drug-likeness (QED) is 0.742. The first-order chi connectivity index (χ1) is 8.12. The van der Waals surface area contributed by atoms with Gasteiger partial charge in [0.1, 0.15) is 0 Å². The van der Waals surface area contributed by atoms with Crippen LogP contribution in [0.1, 0.15) is 12.8 Å². The second-order valence-electron chi connectivity index (χ2n) is 3.88. The fourth-order valence-electron chi connectivity index (χ4n) is 1.56. The van der Waals surface area contributed by atoms with Crippen LogP contribution in [-0.4, -0.2) is 50.4 Å². The first kappa shape index (κ1) is 15.2. The zero-order valence-corrected chi connectivity index (χ0v) is 10.3. The lowest BCUT2D eigenvalue weighted by Gasteiger charge is -2.30. The molecular weight excluding hydrogens is 277 g/mol. The van der Waals surface area contributed by atoms with Gasteiger partial charge in [0.05, 0.1) is 12.3 Å². The largest absolute Gasteiger partial charge is 0.492 e. The SMILES string of the molecule is CS(=O)(=O)N(OC(=O)C(F)(F)F)C1CCNCC1. The van der Waals surface area contributed by atoms with E-state index in [4.69, 9.17) is 0 Å². The number of hydroxylamine groups is 1. The van der Waals surface area contributed by atoms with Crippen LogP contribution >= 0.6 is 0 Å². The molecular formula is C8H13F3N2O4S. The molecule has 0 aromatic rings. The highest BCUT2D eigenvalue weighted by molar-refractivity contribution is 7.88. The molecule has 0 atom stereocenters. The Labute approximate surface area is 102 Å². The van der Waals surface area contributed by atoms with Gasteiger partial charge in [-0.1, -0.05) is 0 Å². The lowest BCUT2D eigenvalue weighted by atomic mass is 10.1. The van der Waals surface area contributed by atoms with E-state index >= 15 is 0 Å². The van der Waals surface area contributed by atoms with Gasteiger partial charge in [0.15, 0.2) is 0 Å². The monoisotopic (exact) mass is 290 g/mol. The van der Waals surface area contributed by atoms with Crippen LogP contribution in [0.15, 0.2) is 0 Å². The Kier molecular flexibility index (Phi) is 4.56. The normalized spacial score (nSPS) is 18.9. The number of nitrogens with one attached hydrogen (secondary N) is 1. The number of halogens is 3. The highest BCUT2D eigenvalue weighted by Gasteiger charge is 2.45. The summed E-state index contributed by atoms with van der Waals surface area (Å²) in [5, 5.41) is 2.92. The number of piperidine rings is 1. The summed E-state index contributed by atoms with van der Waals surface area (Å²) in [6.45, 7) is 0.889. The maximum atomic E-state index is 12.1. The maximum Gasteiger partial charge on any atom is 0.492 e. The van der Waals surface area contributed by atoms with E-state index in [-0.39, 0.29) is 17.3 Å². The summed E-state index contributed by atoms with van der Waals surface area (Å²) < 4.78 is 59.0. The molecule has 1 N–H and O–H groups in total. The molecule has 6 nitrogen and oxygen atoms in total. The average Bonchev–Trinajstić information content (AvgIpc) is 2.23. The molecule has 0 spiro atoms. The summed E-state index contributed by atoms with van der Waals surface area (Å²) in [6.07, 6.45) is -3.98. The molecule has 10 heteroatoms. The van der Waals surface area contributed by atoms with Crippen molar-refractivity contribution in [1.29, 1.82) is 0 Å². The lowest BCUT2D eigenvalue weighted by molar-refractivity contribution is -0.227. The fraction of sp³-hybridized carbons (Fsp3) is 0.875. The molecule has 1 fully saturated rings. The minimum atomic E-state index is -5.23. The van der Waals surface area contributed by atoms with Crippen LogP contribution in [0, 0.1) is 0 Å². The predicted octanol–water partition coefficient (Wildman–Crippen LogP) is 0.0205. The van der Waals surface area contributed by atoms with Gasteiger partial charge in [-0.05, 0) is 30.4 Å². The molecule has 106 valence electrons. The standard InChI is InChI=1S/C8H13F3N2O4S/c1-18(15,16)13(6-2-4-12-5-3-6)17-7(14)8(9,10)11/h6,12H,2-5H2,1H3. The number of hydrogen-bond donors (Lipinski definition) is 1. The van der Waals surface area contributed by atoms with Crippen LogP contribution < -0.4 is 5.32 Å². The van der Waals surface area contributed by atoms with Gasteiger partial charge in [-0.25, -0.2) is 13.2 Å². The van der Waals surface area contributed by atoms with E-state index in [0.29, 0.717) is 19.3 Å². The summed E-state index contributed by atoms with van der Waals surface area (Å²) in [7, 11) is -4.06. The minimum absolute atomic E-state index is 0.156. The Hall–Kier alpha value is -0.870. The van der Waals surface area contributed by atoms with E-state index in [9.17, 15) is 26.4 Å². The molecule has 0 aromatic carbocycles. The van der Waals surface area contributed by atoms with Gasteiger partial charge in [-0.3, -0.25) is 0 Å². The topological polar surface area (TPSA) is 75.7 Å². The highest BCUT2D eigenvalue weighted by Crippen LogP contribution is 2.22. The van der Waals surface area contributed by atoms with Crippen molar-refractivity contribution in [2.45, 2.75) is 25.1 Å². The van der Waals surface area contributed by atoms with Gasteiger partial charge in [-0.2, -0.15) is 13.2 Å². The van der Waals surface area contributed by atoms with E-state index in [0.717, 1.165) is 0 Å². The van der Waals surface area contributed by atoms with Gasteiger partial charge < -0.3 is 10.2 Å². The number of carbonyl (C=O) groups excluding carboxylic acids is 1. The van der Waals surface area contributed by atoms with Crippen molar-refractivity contribution in [3.05, 3.63) is 0 Å². The van der Waals surface area contributed by atoms with Crippen molar-refractivity contribution in [2.24, 2.45) is 0 Å². The van der Waals surface area contributed by atoms with Crippen LogP contribution in [0.2, 0.25) is 0 Å². The molecule has 0 saturated carbocycles. The van der Waals surface area contributed by atoms with E-state index in [2.05, 4.69) is 10.2 Å². The number of rotatable bonds is 3. The third-order valence-electron chi connectivity index (χ3n) is 2.34. The minimum Gasteiger partial charge on any atom is -0.345 e. The van der Waals surface area contributed by atoms with Crippen molar-refractivity contribution in [2.75, 3.05) is 19.3 Å². The maximum absolute atomic E-state index is 12.1. The molecule has 0 bridgehead atoms. The van der Waals surface area contributed by atoms with Crippen LogP contribution in [0.3, 0.4) is 0 Å². The summed E-state index contributed by atoms with van der Waals surface area (Å²) >= 11 is 0. The molecule has 0 radical (unpaired) electrons. The lowest BCUT2D eigenvalue weighted by Crippen LogP contribution is -2.48. The van der Waals surface area contributed by atoms with Gasteiger partial charge in [0.2, 0.25) is 10.0 Å². The molecule has 0 aromatic heterocycles. The smallest absolute Gasteiger partial charge is 0.345 e. The van der Waals surface area contributed by atoms with Crippen LogP contribution in [-0.2, 0) is 19.7 Å². The van der Waals surface area contributed by atoms with Gasteiger partial charge in [0.25, 0.3) is 0 Å². The van der Waals surface area contributed by atoms with Gasteiger partial charge >= 0.3 is 12.1 Å². The van der Waals surface area contributed by atoms with Crippen LogP contribution in [0.25, 0.3) is 0 Å². The third kappa shape index (κ3) is 4.10. The molecule has 0 amide bonds. The number of nitrogens with zero attached hydrogens (tertiary/aromatic N) is 1. The first-order valence-corrected chi connectivity index (χ1v) is 6.96. The predicted molar refractivity (Wildman–Crippen MR) is 54.7 cm³/mol. The van der Waals surface area contributed by atoms with Crippen LogP contribution in [0.4, 0.5) is 13.2 Å². The van der Waals surface area contributed by atoms with Crippen molar-refractivity contribution in [1.82, 2.24) is 9.79 Å². The molecule has 1 rings (SSSR count). The second kappa shape index (κ2) is 5.41. The molecule has 18 heavy (non-hydrogen) atoms. The van der Waals surface area contributed by atoms with Gasteiger partial charge in [-0.15, -0.1) is 0 Å². The molecule has 0 unspecified atom stereocenters. The fourth-order valence-corrected chi connectivity index (χ4v) is 2.52. The number of carbonyl (C=O) groups is 1. The Morgan fingerprint density at radius 3 is 2.22 bits per heavy atom. The number of sulfonamides is 1. The second-order valence-corrected chi connectivity index (χ2v) is 5.70. The molecule has 1 aliphatic heterocycles. The summed E-state index contributed by atoms with van der Waals surface area (Å²) in [4.78, 5) is 14.7. The van der Waals surface area contributed by atoms with Crippen molar-refractivity contribution < 1.29 is 31.2 Å². The average molecular weight is 290 g/mol. The van der Waals surface area contributed by atoms with E-state index in [1.165, 1.54) is 0 Å². The van der Waals surface area contributed by atoms with Crippen LogP contribution in [0.5, 0.6) is 0 Å². The van der Waals surface area contributed by atoms with Crippen molar-refractivity contribution >= 4 is 16.0 Å². The Balaban J connectivity index is 2.83. The molecule has 1 aliphatic rings. The molecule has 1 heterocycles. The Bertz CT molecular complexity index is 403. The number of hydrogen-bond acceptors (Lipinski definition) is 5. The highest BCUT2D eigenvalue weighted by atomic mass is 32.2. The molecule has 0 aliphatic carbocycles. The number of alkyl halides is 3. The summed E-state index contributed by atoms with van der Waals surface area (Å²) in [5.41, 5.74) is 0. The van der Waals surface area contributed by atoms with Crippen molar-refractivity contribution in [3.63, 3.8) is 0 Å². The summed E-state index contributed by atoms with van der Waals surface area (Å²) in [5.74, 6) is -2.54. The van der Waals surface area contributed by atoms with Gasteiger partial charge in [0, 0.05) is 0 Å². The summed E-state index contributed by atoms with van der Waals surface area (Å²) in [6, 6.07) is -0.771. The Morgan fingerprint density at radius 2 is 1.83 bits per heavy atom. The van der Waals surface area contributed by atoms with E-state index in [1.807, 2.05) is 0 Å². The molecule has 1 saturated heterocycles. The van der Waals surface area contributed by atoms with E-state index < -0.39 is 28.2 Å². The zero-order valence-electron chi connectivity index (χ0n) is 9.53. The third-order valence-corrected chi connectivity index (χ3v) is 3.36. The first-order valence-electron chi connectivity index (χ1n) is 5.11. The van der Waals surface area contributed by atoms with E-state index in [1.54, 1.807) is 0 Å².